The quantitative estimate of drug-likeness (QED) is 0.698. The molecule has 94 valence electrons. The zero-order valence-electron chi connectivity index (χ0n) is 11.2. The first-order chi connectivity index (χ1) is 7.61. The van der Waals surface area contributed by atoms with E-state index < -0.39 is 0 Å². The first-order valence-corrected chi connectivity index (χ1v) is 6.71. The van der Waals surface area contributed by atoms with Crippen LogP contribution in [0.5, 0.6) is 0 Å². The summed E-state index contributed by atoms with van der Waals surface area (Å²) in [5.41, 5.74) is 0. The van der Waals surface area contributed by atoms with E-state index in [1.807, 2.05) is 6.08 Å². The highest BCUT2D eigenvalue weighted by molar-refractivity contribution is 4.82. The van der Waals surface area contributed by atoms with Crippen LogP contribution in [-0.2, 0) is 0 Å². The molecule has 0 aliphatic carbocycles. The molecule has 1 aliphatic heterocycles. The maximum Gasteiger partial charge on any atom is 0.0160 e. The van der Waals surface area contributed by atoms with E-state index in [-0.39, 0.29) is 0 Å². The second-order valence-corrected chi connectivity index (χ2v) is 5.56. The first-order valence-electron chi connectivity index (χ1n) is 6.71. The summed E-state index contributed by atoms with van der Waals surface area (Å²) in [6.07, 6.45) is 5.87. The van der Waals surface area contributed by atoms with E-state index in [2.05, 4.69) is 37.6 Å². The molecule has 0 aromatic carbocycles. The van der Waals surface area contributed by atoms with Gasteiger partial charge in [-0.15, -0.1) is 6.58 Å². The van der Waals surface area contributed by atoms with Crippen LogP contribution in [0.15, 0.2) is 12.7 Å². The van der Waals surface area contributed by atoms with Crippen molar-refractivity contribution >= 4 is 0 Å². The Labute approximate surface area is 101 Å². The minimum absolute atomic E-state index is 0.663. The number of hydrogen-bond acceptors (Lipinski definition) is 2. The second kappa shape index (κ2) is 7.08. The molecule has 0 aromatic rings. The lowest BCUT2D eigenvalue weighted by Gasteiger charge is -2.33. The van der Waals surface area contributed by atoms with Crippen molar-refractivity contribution in [2.75, 3.05) is 19.6 Å². The van der Waals surface area contributed by atoms with Gasteiger partial charge < -0.3 is 5.32 Å². The summed E-state index contributed by atoms with van der Waals surface area (Å²) in [5.74, 6) is 0.795. The Morgan fingerprint density at radius 3 is 2.44 bits per heavy atom. The second-order valence-electron chi connectivity index (χ2n) is 5.56. The van der Waals surface area contributed by atoms with Crippen LogP contribution in [0.25, 0.3) is 0 Å². The predicted octanol–water partition coefficient (Wildman–Crippen LogP) is 2.66. The third kappa shape index (κ3) is 5.13. The smallest absolute Gasteiger partial charge is 0.0160 e. The van der Waals surface area contributed by atoms with Gasteiger partial charge in [0, 0.05) is 18.6 Å². The fourth-order valence-corrected chi connectivity index (χ4v) is 2.64. The molecule has 1 saturated heterocycles. The lowest BCUT2D eigenvalue weighted by atomic mass is 10.0. The fraction of sp³-hybridized carbons (Fsp3) is 0.857. The Morgan fingerprint density at radius 1 is 1.31 bits per heavy atom. The molecule has 0 bridgehead atoms. The van der Waals surface area contributed by atoms with Gasteiger partial charge in [-0.2, -0.15) is 0 Å². The molecular formula is C14H28N2. The Balaban J connectivity index is 2.18. The van der Waals surface area contributed by atoms with Gasteiger partial charge in [0.05, 0.1) is 0 Å². The highest BCUT2D eigenvalue weighted by atomic mass is 15.1. The van der Waals surface area contributed by atoms with Gasteiger partial charge in [-0.25, -0.2) is 0 Å². The van der Waals surface area contributed by atoms with Crippen molar-refractivity contribution in [1.82, 2.24) is 10.2 Å². The third-order valence-electron chi connectivity index (χ3n) is 3.32. The van der Waals surface area contributed by atoms with Gasteiger partial charge in [0.2, 0.25) is 0 Å². The summed E-state index contributed by atoms with van der Waals surface area (Å²) in [5, 5.41) is 3.76. The molecule has 0 radical (unpaired) electrons. The van der Waals surface area contributed by atoms with Crippen molar-refractivity contribution in [3.8, 4) is 0 Å². The summed E-state index contributed by atoms with van der Waals surface area (Å²) in [7, 11) is 0. The number of piperidine rings is 1. The topological polar surface area (TPSA) is 15.3 Å². The molecule has 2 heteroatoms. The zero-order valence-corrected chi connectivity index (χ0v) is 11.2. The number of likely N-dealkylation sites (tertiary alicyclic amines) is 1. The SMILES string of the molecule is C=CCN1CCC(NC(C)CC(C)C)CC1. The van der Waals surface area contributed by atoms with Crippen LogP contribution in [0.2, 0.25) is 0 Å². The number of nitrogens with zero attached hydrogens (tertiary/aromatic N) is 1. The highest BCUT2D eigenvalue weighted by Crippen LogP contribution is 2.12. The number of nitrogens with one attached hydrogen (secondary N) is 1. The van der Waals surface area contributed by atoms with E-state index in [0.29, 0.717) is 6.04 Å². The Bertz CT molecular complexity index is 193. The molecule has 0 aromatic heterocycles. The Morgan fingerprint density at radius 2 is 1.94 bits per heavy atom. The van der Waals surface area contributed by atoms with Crippen molar-refractivity contribution in [1.29, 1.82) is 0 Å². The van der Waals surface area contributed by atoms with E-state index in [4.69, 9.17) is 0 Å². The monoisotopic (exact) mass is 224 g/mol. The van der Waals surface area contributed by atoms with E-state index in [1.54, 1.807) is 0 Å². The predicted molar refractivity (Wildman–Crippen MR) is 71.7 cm³/mol. The molecular weight excluding hydrogens is 196 g/mol. The van der Waals surface area contributed by atoms with Crippen LogP contribution < -0.4 is 5.32 Å². The molecule has 1 atom stereocenters. The molecule has 16 heavy (non-hydrogen) atoms. The lowest BCUT2D eigenvalue weighted by Crippen LogP contribution is -2.45. The summed E-state index contributed by atoms with van der Waals surface area (Å²) < 4.78 is 0. The minimum atomic E-state index is 0.663. The maximum absolute atomic E-state index is 3.80. The van der Waals surface area contributed by atoms with Crippen molar-refractivity contribution in [3.63, 3.8) is 0 Å². The molecule has 1 fully saturated rings. The van der Waals surface area contributed by atoms with Gasteiger partial charge in [0.1, 0.15) is 0 Å². The van der Waals surface area contributed by atoms with E-state index in [0.717, 1.165) is 18.5 Å². The van der Waals surface area contributed by atoms with Gasteiger partial charge >= 0.3 is 0 Å². The van der Waals surface area contributed by atoms with Crippen molar-refractivity contribution in [2.45, 2.75) is 52.1 Å². The van der Waals surface area contributed by atoms with Crippen LogP contribution in [0.1, 0.15) is 40.0 Å². The molecule has 1 aliphatic rings. The third-order valence-corrected chi connectivity index (χ3v) is 3.32. The summed E-state index contributed by atoms with van der Waals surface area (Å²) in [6, 6.07) is 1.39. The van der Waals surface area contributed by atoms with Gasteiger partial charge in [0.25, 0.3) is 0 Å². The molecule has 1 rings (SSSR count). The molecule has 1 heterocycles. The zero-order chi connectivity index (χ0) is 12.0. The normalized spacial score (nSPS) is 21.2. The molecule has 2 nitrogen and oxygen atoms in total. The number of rotatable bonds is 6. The average Bonchev–Trinajstić information content (AvgIpc) is 2.20. The summed E-state index contributed by atoms with van der Waals surface area (Å²) in [6.45, 7) is 14.2. The van der Waals surface area contributed by atoms with E-state index in [1.165, 1.54) is 32.4 Å². The van der Waals surface area contributed by atoms with Crippen LogP contribution in [-0.4, -0.2) is 36.6 Å². The van der Waals surface area contributed by atoms with Gasteiger partial charge in [0.15, 0.2) is 0 Å². The molecule has 1 N–H and O–H groups in total. The van der Waals surface area contributed by atoms with Gasteiger partial charge in [-0.05, 0) is 45.2 Å². The van der Waals surface area contributed by atoms with Crippen molar-refractivity contribution in [2.24, 2.45) is 5.92 Å². The van der Waals surface area contributed by atoms with Gasteiger partial charge in [-0.1, -0.05) is 19.9 Å². The van der Waals surface area contributed by atoms with Crippen molar-refractivity contribution in [3.05, 3.63) is 12.7 Å². The van der Waals surface area contributed by atoms with Crippen molar-refractivity contribution < 1.29 is 0 Å². The van der Waals surface area contributed by atoms with E-state index >= 15 is 0 Å². The van der Waals surface area contributed by atoms with Crippen LogP contribution in [0.4, 0.5) is 0 Å². The minimum Gasteiger partial charge on any atom is -0.311 e. The molecule has 0 saturated carbocycles. The van der Waals surface area contributed by atoms with E-state index in [9.17, 15) is 0 Å². The standard InChI is InChI=1S/C14H28N2/c1-5-8-16-9-6-14(7-10-16)15-13(4)11-12(2)3/h5,12-15H,1,6-11H2,2-4H3. The fourth-order valence-electron chi connectivity index (χ4n) is 2.64. The Hall–Kier alpha value is -0.340. The van der Waals surface area contributed by atoms with Gasteiger partial charge in [-0.3, -0.25) is 4.90 Å². The highest BCUT2D eigenvalue weighted by Gasteiger charge is 2.19. The van der Waals surface area contributed by atoms with Crippen LogP contribution >= 0.6 is 0 Å². The summed E-state index contributed by atoms with van der Waals surface area (Å²) >= 11 is 0. The molecule has 1 unspecified atom stereocenters. The number of hydrogen-bond donors (Lipinski definition) is 1. The average molecular weight is 224 g/mol. The van der Waals surface area contributed by atoms with Crippen LogP contribution in [0, 0.1) is 5.92 Å². The van der Waals surface area contributed by atoms with Crippen LogP contribution in [0.3, 0.4) is 0 Å². The summed E-state index contributed by atoms with van der Waals surface area (Å²) in [4.78, 5) is 2.48. The largest absolute Gasteiger partial charge is 0.311 e. The lowest BCUT2D eigenvalue weighted by molar-refractivity contribution is 0.205. The maximum atomic E-state index is 3.80. The molecule has 0 amide bonds. The first kappa shape index (κ1) is 13.7. The molecule has 0 spiro atoms. The Kier molecular flexibility index (Phi) is 6.07.